The molecular formula is C18H16N6S2. The molecule has 130 valence electrons. The Balaban J connectivity index is 1.43. The molecule has 0 saturated carbocycles. The summed E-state index contributed by atoms with van der Waals surface area (Å²) in [4.78, 5) is 0. The van der Waals surface area contributed by atoms with Crippen molar-refractivity contribution in [3.05, 3.63) is 84.4 Å². The van der Waals surface area contributed by atoms with Crippen molar-refractivity contribution in [2.75, 3.05) is 0 Å². The molecule has 26 heavy (non-hydrogen) atoms. The molecule has 0 atom stereocenters. The van der Waals surface area contributed by atoms with Crippen molar-refractivity contribution in [3.63, 3.8) is 0 Å². The van der Waals surface area contributed by atoms with Crippen LogP contribution in [0.15, 0.2) is 83.6 Å². The van der Waals surface area contributed by atoms with E-state index in [4.69, 9.17) is 0 Å². The van der Waals surface area contributed by atoms with Crippen LogP contribution in [-0.2, 0) is 13.1 Å². The zero-order valence-corrected chi connectivity index (χ0v) is 15.5. The Labute approximate surface area is 159 Å². The highest BCUT2D eigenvalue weighted by Crippen LogP contribution is 2.35. The average Bonchev–Trinajstić information content (AvgIpc) is 3.31. The summed E-state index contributed by atoms with van der Waals surface area (Å²) in [7, 11) is 3.08. The van der Waals surface area contributed by atoms with E-state index in [-0.39, 0.29) is 0 Å². The van der Waals surface area contributed by atoms with E-state index in [1.165, 1.54) is 32.7 Å². The van der Waals surface area contributed by atoms with Gasteiger partial charge in [-0.2, -0.15) is 0 Å². The lowest BCUT2D eigenvalue weighted by atomic mass is 10.2. The second-order valence-electron chi connectivity index (χ2n) is 5.62. The largest absolute Gasteiger partial charge is 0.303 e. The second-order valence-corrected chi connectivity index (χ2v) is 7.68. The molecule has 0 radical (unpaired) electrons. The van der Waals surface area contributed by atoms with Gasteiger partial charge in [0.05, 0.1) is 13.1 Å². The molecule has 2 aromatic carbocycles. The van der Waals surface area contributed by atoms with Gasteiger partial charge >= 0.3 is 0 Å². The molecule has 6 nitrogen and oxygen atoms in total. The molecular weight excluding hydrogens is 364 g/mol. The van der Waals surface area contributed by atoms with Crippen molar-refractivity contribution in [3.8, 4) is 0 Å². The first-order valence-electron chi connectivity index (χ1n) is 8.06. The Bertz CT molecular complexity index is 872. The minimum atomic E-state index is 0.743. The maximum atomic E-state index is 4.22. The summed E-state index contributed by atoms with van der Waals surface area (Å²) < 4.78 is 4.07. The number of nitrogens with zero attached hydrogens (tertiary/aromatic N) is 6. The summed E-state index contributed by atoms with van der Waals surface area (Å²) in [6.45, 7) is 1.49. The monoisotopic (exact) mass is 380 g/mol. The maximum absolute atomic E-state index is 4.22. The predicted octanol–water partition coefficient (Wildman–Crippen LogP) is 3.77. The van der Waals surface area contributed by atoms with Gasteiger partial charge in [-0.15, -0.1) is 20.4 Å². The molecule has 0 aliphatic heterocycles. The molecule has 0 N–H and O–H groups in total. The lowest BCUT2D eigenvalue weighted by Crippen LogP contribution is -2.01. The van der Waals surface area contributed by atoms with Crippen LogP contribution >= 0.6 is 21.6 Å². The van der Waals surface area contributed by atoms with Gasteiger partial charge in [0.25, 0.3) is 0 Å². The molecule has 0 spiro atoms. The average molecular weight is 381 g/mol. The van der Waals surface area contributed by atoms with Gasteiger partial charge in [0.2, 0.25) is 10.3 Å². The van der Waals surface area contributed by atoms with Gasteiger partial charge in [0.1, 0.15) is 12.7 Å². The Kier molecular flexibility index (Phi) is 5.32. The zero-order valence-electron chi connectivity index (χ0n) is 13.8. The van der Waals surface area contributed by atoms with Crippen LogP contribution in [0.25, 0.3) is 0 Å². The Morgan fingerprint density at radius 1 is 0.615 bits per heavy atom. The van der Waals surface area contributed by atoms with E-state index in [1.54, 1.807) is 12.7 Å². The van der Waals surface area contributed by atoms with Crippen molar-refractivity contribution in [1.29, 1.82) is 0 Å². The van der Waals surface area contributed by atoms with Gasteiger partial charge < -0.3 is 9.13 Å². The van der Waals surface area contributed by atoms with Gasteiger partial charge in [-0.25, -0.2) is 0 Å². The fraction of sp³-hybridized carbons (Fsp3) is 0.111. The highest BCUT2D eigenvalue weighted by atomic mass is 33.1. The van der Waals surface area contributed by atoms with Crippen LogP contribution in [0.5, 0.6) is 0 Å². The molecule has 2 heterocycles. The highest BCUT2D eigenvalue weighted by Gasteiger charge is 2.11. The Hall–Kier alpha value is -2.58. The fourth-order valence-electron chi connectivity index (χ4n) is 2.47. The smallest absolute Gasteiger partial charge is 0.202 e. The summed E-state index contributed by atoms with van der Waals surface area (Å²) in [5.41, 5.74) is 2.43. The van der Waals surface area contributed by atoms with E-state index in [9.17, 15) is 0 Å². The van der Waals surface area contributed by atoms with Crippen LogP contribution in [0.1, 0.15) is 11.1 Å². The van der Waals surface area contributed by atoms with Crippen LogP contribution in [0.2, 0.25) is 0 Å². The normalized spacial score (nSPS) is 10.9. The summed E-state index contributed by atoms with van der Waals surface area (Å²) in [6.07, 6.45) is 3.51. The lowest BCUT2D eigenvalue weighted by Gasteiger charge is -2.07. The Morgan fingerprint density at radius 2 is 1.04 bits per heavy atom. The van der Waals surface area contributed by atoms with Crippen molar-refractivity contribution in [2.24, 2.45) is 0 Å². The van der Waals surface area contributed by atoms with Crippen molar-refractivity contribution < 1.29 is 0 Å². The van der Waals surface area contributed by atoms with E-state index < -0.39 is 0 Å². The third-order valence-corrected chi connectivity index (χ3v) is 5.90. The van der Waals surface area contributed by atoms with E-state index in [0.717, 1.165) is 23.4 Å². The van der Waals surface area contributed by atoms with Crippen LogP contribution in [0.3, 0.4) is 0 Å². The number of rotatable bonds is 7. The van der Waals surface area contributed by atoms with Crippen molar-refractivity contribution in [1.82, 2.24) is 29.5 Å². The molecule has 0 aliphatic rings. The molecule has 4 rings (SSSR count). The number of aromatic nitrogens is 6. The second kappa shape index (κ2) is 8.20. The van der Waals surface area contributed by atoms with Crippen LogP contribution in [0, 0.1) is 0 Å². The molecule has 0 saturated heterocycles. The number of benzene rings is 2. The van der Waals surface area contributed by atoms with Gasteiger partial charge in [-0.1, -0.05) is 60.7 Å². The SMILES string of the molecule is c1ccc(Cn2cnnc2SSc2nncn2Cc2ccccc2)cc1. The maximum Gasteiger partial charge on any atom is 0.202 e. The topological polar surface area (TPSA) is 61.4 Å². The van der Waals surface area contributed by atoms with E-state index in [2.05, 4.69) is 44.7 Å². The predicted molar refractivity (Wildman–Crippen MR) is 103 cm³/mol. The zero-order chi connectivity index (χ0) is 17.6. The van der Waals surface area contributed by atoms with Gasteiger partial charge in [-0.05, 0) is 32.7 Å². The van der Waals surface area contributed by atoms with Crippen LogP contribution in [0.4, 0.5) is 0 Å². The summed E-state index contributed by atoms with van der Waals surface area (Å²) in [5, 5.41) is 18.2. The molecule has 2 aromatic heterocycles. The summed E-state index contributed by atoms with van der Waals surface area (Å²) >= 11 is 0. The molecule has 0 unspecified atom stereocenters. The van der Waals surface area contributed by atoms with Crippen LogP contribution < -0.4 is 0 Å². The molecule has 0 bridgehead atoms. The first-order chi connectivity index (χ1) is 12.9. The number of hydrogen-bond acceptors (Lipinski definition) is 6. The van der Waals surface area contributed by atoms with Gasteiger partial charge in [0.15, 0.2) is 0 Å². The van der Waals surface area contributed by atoms with Crippen molar-refractivity contribution >= 4 is 21.6 Å². The van der Waals surface area contributed by atoms with E-state index >= 15 is 0 Å². The molecule has 0 amide bonds. The summed E-state index contributed by atoms with van der Waals surface area (Å²) in [5.74, 6) is 0. The van der Waals surface area contributed by atoms with E-state index in [0.29, 0.717) is 0 Å². The van der Waals surface area contributed by atoms with Crippen LogP contribution in [-0.4, -0.2) is 29.5 Å². The minimum Gasteiger partial charge on any atom is -0.303 e. The third-order valence-electron chi connectivity index (χ3n) is 3.74. The van der Waals surface area contributed by atoms with Gasteiger partial charge in [-0.3, -0.25) is 0 Å². The minimum absolute atomic E-state index is 0.743. The fourth-order valence-corrected chi connectivity index (χ4v) is 4.42. The van der Waals surface area contributed by atoms with Gasteiger partial charge in [0, 0.05) is 0 Å². The first kappa shape index (κ1) is 16.9. The van der Waals surface area contributed by atoms with Crippen molar-refractivity contribution in [2.45, 2.75) is 23.4 Å². The lowest BCUT2D eigenvalue weighted by molar-refractivity contribution is 0.707. The molecule has 0 aliphatic carbocycles. The van der Waals surface area contributed by atoms with E-state index in [1.807, 2.05) is 45.5 Å². The molecule has 0 fully saturated rings. The third kappa shape index (κ3) is 4.14. The quantitative estimate of drug-likeness (QED) is 0.455. The molecule has 8 heteroatoms. The number of hydrogen-bond donors (Lipinski definition) is 0. The first-order valence-corrected chi connectivity index (χ1v) is 10.2. The summed E-state index contributed by atoms with van der Waals surface area (Å²) in [6, 6.07) is 20.6. The standard InChI is InChI=1S/C18H16N6S2/c1-3-7-15(8-4-1)11-23-13-19-21-17(23)25-26-18-22-20-14-24(18)12-16-9-5-2-6-10-16/h1-10,13-14H,11-12H2. The Morgan fingerprint density at radius 3 is 1.46 bits per heavy atom. The highest BCUT2D eigenvalue weighted by molar-refractivity contribution is 8.76. The molecule has 4 aromatic rings.